The third-order valence-electron chi connectivity index (χ3n) is 3.09. The van der Waals surface area contributed by atoms with E-state index in [4.69, 9.17) is 12.2 Å². The molecule has 2 aromatic heterocycles. The SMILES string of the molecule is S=c1[nH]nc(CCCc2cccs2)n1C1CC1. The average Bonchev–Trinajstić information content (AvgIpc) is 2.88. The molecule has 3 nitrogen and oxygen atoms in total. The number of H-pyrrole nitrogens is 1. The minimum atomic E-state index is 0.623. The molecule has 0 aliphatic heterocycles. The van der Waals surface area contributed by atoms with E-state index < -0.39 is 0 Å². The van der Waals surface area contributed by atoms with Crippen LogP contribution < -0.4 is 0 Å². The lowest BCUT2D eigenvalue weighted by molar-refractivity contribution is 0.651. The van der Waals surface area contributed by atoms with Gasteiger partial charge in [-0.3, -0.25) is 5.10 Å². The molecule has 1 aliphatic rings. The van der Waals surface area contributed by atoms with Gasteiger partial charge in [0.2, 0.25) is 0 Å². The zero-order chi connectivity index (χ0) is 11.7. The highest BCUT2D eigenvalue weighted by molar-refractivity contribution is 7.71. The fourth-order valence-corrected chi connectivity index (χ4v) is 3.15. The van der Waals surface area contributed by atoms with E-state index in [2.05, 4.69) is 32.3 Å². The van der Waals surface area contributed by atoms with Gasteiger partial charge in [0.05, 0.1) is 0 Å². The highest BCUT2D eigenvalue weighted by atomic mass is 32.1. The fraction of sp³-hybridized carbons (Fsp3) is 0.500. The molecule has 90 valence electrons. The van der Waals surface area contributed by atoms with E-state index in [9.17, 15) is 0 Å². The molecule has 0 amide bonds. The van der Waals surface area contributed by atoms with Gasteiger partial charge in [0.25, 0.3) is 0 Å². The first kappa shape index (κ1) is 11.2. The van der Waals surface area contributed by atoms with E-state index in [1.54, 1.807) is 0 Å². The third-order valence-corrected chi connectivity index (χ3v) is 4.32. The number of rotatable bonds is 5. The van der Waals surface area contributed by atoms with Gasteiger partial charge in [-0.05, 0) is 49.3 Å². The molecule has 0 saturated heterocycles. The lowest BCUT2D eigenvalue weighted by Gasteiger charge is -2.03. The number of thiophene rings is 1. The van der Waals surface area contributed by atoms with Gasteiger partial charge in [0.15, 0.2) is 4.77 Å². The summed E-state index contributed by atoms with van der Waals surface area (Å²) >= 11 is 7.10. The van der Waals surface area contributed by atoms with Crippen LogP contribution in [0.15, 0.2) is 17.5 Å². The highest BCUT2D eigenvalue weighted by Crippen LogP contribution is 2.35. The molecule has 0 bridgehead atoms. The number of aromatic nitrogens is 3. The van der Waals surface area contributed by atoms with Gasteiger partial charge in [-0.25, -0.2) is 0 Å². The van der Waals surface area contributed by atoms with Crippen molar-refractivity contribution in [1.82, 2.24) is 14.8 Å². The zero-order valence-electron chi connectivity index (χ0n) is 9.56. The number of hydrogen-bond donors (Lipinski definition) is 1. The maximum Gasteiger partial charge on any atom is 0.195 e. The zero-order valence-corrected chi connectivity index (χ0v) is 11.2. The molecule has 5 heteroatoms. The Balaban J connectivity index is 1.63. The van der Waals surface area contributed by atoms with Gasteiger partial charge >= 0.3 is 0 Å². The summed E-state index contributed by atoms with van der Waals surface area (Å²) in [6.07, 6.45) is 5.81. The van der Waals surface area contributed by atoms with E-state index in [0.717, 1.165) is 29.9 Å². The first-order valence-electron chi connectivity index (χ1n) is 6.03. The summed E-state index contributed by atoms with van der Waals surface area (Å²) in [6.45, 7) is 0. The lowest BCUT2D eigenvalue weighted by Crippen LogP contribution is -2.02. The van der Waals surface area contributed by atoms with Crippen LogP contribution in [0.3, 0.4) is 0 Å². The largest absolute Gasteiger partial charge is 0.301 e. The molecule has 1 aliphatic carbocycles. The Morgan fingerprint density at radius 1 is 1.47 bits per heavy atom. The maximum atomic E-state index is 5.27. The van der Waals surface area contributed by atoms with Crippen molar-refractivity contribution in [1.29, 1.82) is 0 Å². The third kappa shape index (κ3) is 2.50. The van der Waals surface area contributed by atoms with Gasteiger partial charge in [0.1, 0.15) is 5.82 Å². The molecule has 0 atom stereocenters. The molecule has 17 heavy (non-hydrogen) atoms. The Morgan fingerprint density at radius 2 is 2.35 bits per heavy atom. The molecular weight excluding hydrogens is 250 g/mol. The highest BCUT2D eigenvalue weighted by Gasteiger charge is 2.26. The van der Waals surface area contributed by atoms with Crippen molar-refractivity contribution < 1.29 is 0 Å². The van der Waals surface area contributed by atoms with E-state index in [-0.39, 0.29) is 0 Å². The quantitative estimate of drug-likeness (QED) is 0.839. The van der Waals surface area contributed by atoms with Crippen LogP contribution >= 0.6 is 23.6 Å². The second-order valence-corrected chi connectivity index (χ2v) is 5.90. The minimum absolute atomic E-state index is 0.623. The van der Waals surface area contributed by atoms with Gasteiger partial charge in [-0.2, -0.15) is 5.10 Å². The van der Waals surface area contributed by atoms with Gasteiger partial charge in [-0.15, -0.1) is 11.3 Å². The monoisotopic (exact) mass is 265 g/mol. The van der Waals surface area contributed by atoms with Crippen molar-refractivity contribution in [2.24, 2.45) is 0 Å². The number of nitrogens with zero attached hydrogens (tertiary/aromatic N) is 2. The molecule has 2 heterocycles. The molecule has 1 fully saturated rings. The topological polar surface area (TPSA) is 33.6 Å². The Morgan fingerprint density at radius 3 is 3.06 bits per heavy atom. The molecule has 2 aromatic rings. The standard InChI is InChI=1S/C12H15N3S2/c16-12-14-13-11(15(12)9-6-7-9)5-1-3-10-4-2-8-17-10/h2,4,8-9H,1,3,5-7H2,(H,14,16). The molecule has 1 saturated carbocycles. The van der Waals surface area contributed by atoms with Gasteiger partial charge in [-0.1, -0.05) is 6.07 Å². The molecule has 0 aromatic carbocycles. The summed E-state index contributed by atoms with van der Waals surface area (Å²) in [5.74, 6) is 1.13. The second kappa shape index (κ2) is 4.74. The summed E-state index contributed by atoms with van der Waals surface area (Å²) in [5.41, 5.74) is 0. The number of aromatic amines is 1. The van der Waals surface area contributed by atoms with Crippen molar-refractivity contribution in [2.75, 3.05) is 0 Å². The fourth-order valence-electron chi connectivity index (χ4n) is 2.10. The van der Waals surface area contributed by atoms with Crippen LogP contribution in [-0.4, -0.2) is 14.8 Å². The Labute approximate surface area is 109 Å². The summed E-state index contributed by atoms with van der Waals surface area (Å²) in [6, 6.07) is 4.93. The first-order chi connectivity index (χ1) is 8.34. The average molecular weight is 265 g/mol. The molecule has 0 unspecified atom stereocenters. The Kier molecular flexibility index (Phi) is 3.11. The van der Waals surface area contributed by atoms with Crippen LogP contribution in [0.4, 0.5) is 0 Å². The molecule has 3 rings (SSSR count). The number of hydrogen-bond acceptors (Lipinski definition) is 3. The van der Waals surface area contributed by atoms with Crippen LogP contribution in [0.1, 0.15) is 36.0 Å². The lowest BCUT2D eigenvalue weighted by atomic mass is 10.2. The van der Waals surface area contributed by atoms with Gasteiger partial charge < -0.3 is 4.57 Å². The van der Waals surface area contributed by atoms with E-state index in [1.807, 2.05) is 11.3 Å². The van der Waals surface area contributed by atoms with Crippen LogP contribution in [0.25, 0.3) is 0 Å². The molecular formula is C12H15N3S2. The summed E-state index contributed by atoms with van der Waals surface area (Å²) in [5, 5.41) is 9.40. The van der Waals surface area contributed by atoms with Crippen molar-refractivity contribution in [2.45, 2.75) is 38.1 Å². The smallest absolute Gasteiger partial charge is 0.195 e. The first-order valence-corrected chi connectivity index (χ1v) is 7.31. The predicted molar refractivity (Wildman–Crippen MR) is 72.0 cm³/mol. The van der Waals surface area contributed by atoms with Crippen molar-refractivity contribution in [3.8, 4) is 0 Å². The van der Waals surface area contributed by atoms with Gasteiger partial charge in [0, 0.05) is 17.3 Å². The maximum absolute atomic E-state index is 5.27. The summed E-state index contributed by atoms with van der Waals surface area (Å²) in [4.78, 5) is 1.46. The second-order valence-electron chi connectivity index (χ2n) is 4.48. The van der Waals surface area contributed by atoms with Crippen molar-refractivity contribution in [3.63, 3.8) is 0 Å². The molecule has 0 radical (unpaired) electrons. The normalized spacial score (nSPS) is 15.3. The minimum Gasteiger partial charge on any atom is -0.301 e. The van der Waals surface area contributed by atoms with Crippen molar-refractivity contribution >= 4 is 23.6 Å². The van der Waals surface area contributed by atoms with Crippen LogP contribution in [0, 0.1) is 4.77 Å². The molecule has 0 spiro atoms. The van der Waals surface area contributed by atoms with E-state index in [0.29, 0.717) is 6.04 Å². The van der Waals surface area contributed by atoms with Crippen molar-refractivity contribution in [3.05, 3.63) is 33.0 Å². The number of aryl methyl sites for hydroxylation is 2. The van der Waals surface area contributed by atoms with E-state index in [1.165, 1.54) is 17.7 Å². The summed E-state index contributed by atoms with van der Waals surface area (Å²) in [7, 11) is 0. The Hall–Kier alpha value is -0.940. The van der Waals surface area contributed by atoms with Crippen LogP contribution in [0.2, 0.25) is 0 Å². The number of nitrogens with one attached hydrogen (secondary N) is 1. The van der Waals surface area contributed by atoms with Crippen LogP contribution in [-0.2, 0) is 12.8 Å². The summed E-state index contributed by atoms with van der Waals surface area (Å²) < 4.78 is 3.00. The predicted octanol–water partition coefficient (Wildman–Crippen LogP) is 3.51. The van der Waals surface area contributed by atoms with Crippen LogP contribution in [0.5, 0.6) is 0 Å². The Bertz CT molecular complexity index is 534. The van der Waals surface area contributed by atoms with E-state index >= 15 is 0 Å². The molecule has 1 N–H and O–H groups in total.